The van der Waals surface area contributed by atoms with Crippen LogP contribution >= 0.6 is 0 Å². The number of hydrogen-bond acceptors (Lipinski definition) is 4. The summed E-state index contributed by atoms with van der Waals surface area (Å²) in [5.74, 6) is 1.99. The Morgan fingerprint density at radius 1 is 1.21 bits per heavy atom. The number of aliphatic hydroxyl groups excluding tert-OH is 1. The van der Waals surface area contributed by atoms with Crippen molar-refractivity contribution in [3.05, 3.63) is 47.8 Å². The van der Waals surface area contributed by atoms with Gasteiger partial charge in [0.15, 0.2) is 5.78 Å². The number of rotatable bonds is 2. The molecule has 5 rings (SSSR count). The third-order valence-corrected chi connectivity index (χ3v) is 9.89. The molecule has 2 saturated carbocycles. The van der Waals surface area contributed by atoms with E-state index in [2.05, 4.69) is 33.9 Å². The predicted molar refractivity (Wildman–Crippen MR) is 134 cm³/mol. The fourth-order valence-corrected chi connectivity index (χ4v) is 7.73. The van der Waals surface area contributed by atoms with Crippen molar-refractivity contribution in [1.82, 2.24) is 0 Å². The molecule has 1 spiro atoms. The van der Waals surface area contributed by atoms with Gasteiger partial charge in [0.2, 0.25) is 0 Å². The molecular weight excluding hydrogens is 424 g/mol. The minimum atomic E-state index is -0.891. The van der Waals surface area contributed by atoms with Gasteiger partial charge in [-0.05, 0) is 89.0 Å². The van der Waals surface area contributed by atoms with Crippen molar-refractivity contribution in [3.8, 4) is 0 Å². The number of aliphatic hydroxyl groups is 1. The molecule has 0 amide bonds. The molecule has 186 valence electrons. The Labute approximate surface area is 205 Å². The average molecular weight is 467 g/mol. The zero-order valence-electron chi connectivity index (χ0n) is 21.7. The molecule has 0 aromatic heterocycles. The number of hydrogen-bond donors (Lipinski definition) is 1. The van der Waals surface area contributed by atoms with E-state index in [9.17, 15) is 9.90 Å². The first-order valence-corrected chi connectivity index (χ1v) is 13.2. The number of Topliss-reactive ketones (excluding diaryl/α,β-unsaturated/α-hetero) is 1. The third kappa shape index (κ3) is 3.51. The van der Waals surface area contributed by atoms with Crippen molar-refractivity contribution in [2.24, 2.45) is 23.2 Å². The lowest BCUT2D eigenvalue weighted by Crippen LogP contribution is -2.55. The summed E-state index contributed by atoms with van der Waals surface area (Å²) in [6.45, 7) is 19.3. The molecule has 4 heteroatoms. The molecule has 0 aromatic rings. The summed E-state index contributed by atoms with van der Waals surface area (Å²) < 4.78 is 13.6. The van der Waals surface area contributed by atoms with Crippen LogP contribution < -0.4 is 0 Å². The van der Waals surface area contributed by atoms with Crippen LogP contribution in [-0.2, 0) is 14.3 Å². The van der Waals surface area contributed by atoms with Gasteiger partial charge in [0, 0.05) is 23.5 Å². The third-order valence-electron chi connectivity index (χ3n) is 9.89. The summed E-state index contributed by atoms with van der Waals surface area (Å²) in [4.78, 5) is 13.6. The monoisotopic (exact) mass is 466 g/mol. The van der Waals surface area contributed by atoms with Crippen LogP contribution in [0.1, 0.15) is 86.0 Å². The largest absolute Gasteiger partial charge is 0.488 e. The SMILES string of the molecule is C=CCC1=CC2(CC(O)C(C)(C)O2)C2=C(CC3CC4C(=C)CCCC(C)(C)C4CC3(C)O2)C1=O. The molecule has 3 aliphatic carbocycles. The molecule has 6 atom stereocenters. The average Bonchev–Trinajstić information content (AvgIpc) is 2.91. The van der Waals surface area contributed by atoms with Crippen LogP contribution in [0.25, 0.3) is 0 Å². The lowest BCUT2D eigenvalue weighted by molar-refractivity contribution is -0.158. The van der Waals surface area contributed by atoms with E-state index in [0.717, 1.165) is 24.8 Å². The Balaban J connectivity index is 1.58. The summed E-state index contributed by atoms with van der Waals surface area (Å²) in [6, 6.07) is 0. The van der Waals surface area contributed by atoms with E-state index in [4.69, 9.17) is 9.47 Å². The smallest absolute Gasteiger partial charge is 0.188 e. The van der Waals surface area contributed by atoms with Gasteiger partial charge in [-0.1, -0.05) is 32.1 Å². The van der Waals surface area contributed by atoms with E-state index in [1.165, 1.54) is 18.4 Å². The van der Waals surface area contributed by atoms with Crippen LogP contribution in [-0.4, -0.2) is 33.8 Å². The molecule has 6 unspecified atom stereocenters. The second-order valence-electron chi connectivity index (χ2n) is 13.1. The number of ketones is 1. The van der Waals surface area contributed by atoms with Crippen molar-refractivity contribution >= 4 is 5.78 Å². The van der Waals surface area contributed by atoms with Crippen LogP contribution in [0.15, 0.2) is 47.8 Å². The quantitative estimate of drug-likeness (QED) is 0.492. The molecule has 3 fully saturated rings. The van der Waals surface area contributed by atoms with Crippen molar-refractivity contribution in [1.29, 1.82) is 0 Å². The van der Waals surface area contributed by atoms with E-state index >= 15 is 0 Å². The summed E-state index contributed by atoms with van der Waals surface area (Å²) in [7, 11) is 0. The zero-order chi connectivity index (χ0) is 24.7. The van der Waals surface area contributed by atoms with Crippen molar-refractivity contribution in [3.63, 3.8) is 0 Å². The minimum Gasteiger partial charge on any atom is -0.488 e. The van der Waals surface area contributed by atoms with Crippen LogP contribution in [0.5, 0.6) is 0 Å². The Kier molecular flexibility index (Phi) is 5.43. The first kappa shape index (κ1) is 24.1. The Morgan fingerprint density at radius 2 is 1.94 bits per heavy atom. The van der Waals surface area contributed by atoms with E-state index in [1.807, 2.05) is 19.9 Å². The van der Waals surface area contributed by atoms with Crippen molar-refractivity contribution in [2.75, 3.05) is 0 Å². The standard InChI is InChI=1S/C30H42O4/c1-8-10-19-15-30(17-24(31)28(5,6)34-30)26-22(25(19)32)14-20-13-21-18(2)11-9-12-27(3,4)23(21)16-29(20,7)33-26/h8,15,20-21,23-24,31H,1-2,9-14,16-17H2,3-7H3. The Bertz CT molecular complexity index is 997. The van der Waals surface area contributed by atoms with Crippen LogP contribution in [0.2, 0.25) is 0 Å². The Hall–Kier alpha value is -1.65. The van der Waals surface area contributed by atoms with E-state index in [1.54, 1.807) is 6.08 Å². The maximum absolute atomic E-state index is 13.6. The van der Waals surface area contributed by atoms with E-state index in [-0.39, 0.29) is 22.7 Å². The second-order valence-corrected chi connectivity index (χ2v) is 13.1. The van der Waals surface area contributed by atoms with Gasteiger partial charge in [0.05, 0.1) is 11.7 Å². The molecule has 0 radical (unpaired) electrons. The first-order valence-electron chi connectivity index (χ1n) is 13.2. The fourth-order valence-electron chi connectivity index (χ4n) is 7.73. The second kappa shape index (κ2) is 7.67. The fraction of sp³-hybridized carbons (Fsp3) is 0.700. The molecule has 1 saturated heterocycles. The maximum atomic E-state index is 13.6. The molecule has 0 aromatic carbocycles. The Morgan fingerprint density at radius 3 is 2.59 bits per heavy atom. The zero-order valence-corrected chi connectivity index (χ0v) is 21.7. The van der Waals surface area contributed by atoms with Gasteiger partial charge in [0.1, 0.15) is 17.0 Å². The predicted octanol–water partition coefficient (Wildman–Crippen LogP) is 6.21. The van der Waals surface area contributed by atoms with Gasteiger partial charge < -0.3 is 14.6 Å². The first-order chi connectivity index (χ1) is 15.8. The van der Waals surface area contributed by atoms with Crippen molar-refractivity contribution in [2.45, 2.75) is 109 Å². The van der Waals surface area contributed by atoms with Gasteiger partial charge in [-0.15, -0.1) is 6.58 Å². The topological polar surface area (TPSA) is 55.8 Å². The summed E-state index contributed by atoms with van der Waals surface area (Å²) in [5.41, 5.74) is 1.12. The highest BCUT2D eigenvalue weighted by molar-refractivity contribution is 6.10. The summed E-state index contributed by atoms with van der Waals surface area (Å²) >= 11 is 0. The van der Waals surface area contributed by atoms with Gasteiger partial charge in [-0.2, -0.15) is 0 Å². The van der Waals surface area contributed by atoms with Gasteiger partial charge in [-0.25, -0.2) is 0 Å². The molecule has 2 heterocycles. The van der Waals surface area contributed by atoms with Crippen LogP contribution in [0.4, 0.5) is 0 Å². The highest BCUT2D eigenvalue weighted by atomic mass is 16.6. The van der Waals surface area contributed by atoms with Crippen LogP contribution in [0, 0.1) is 23.2 Å². The molecular formula is C30H42O4. The minimum absolute atomic E-state index is 0.0625. The molecule has 1 N–H and O–H groups in total. The van der Waals surface area contributed by atoms with E-state index < -0.39 is 17.3 Å². The lowest BCUT2D eigenvalue weighted by Gasteiger charge is -2.56. The summed E-state index contributed by atoms with van der Waals surface area (Å²) in [6.07, 6.45) is 10.2. The van der Waals surface area contributed by atoms with E-state index in [0.29, 0.717) is 42.4 Å². The lowest BCUT2D eigenvalue weighted by atomic mass is 9.55. The number of carbonyl (C=O) groups is 1. The summed E-state index contributed by atoms with van der Waals surface area (Å²) in [5, 5.41) is 10.9. The number of ether oxygens (including phenoxy) is 2. The molecule has 34 heavy (non-hydrogen) atoms. The highest BCUT2D eigenvalue weighted by Gasteiger charge is 2.61. The number of allylic oxidation sites excluding steroid dienone is 4. The molecule has 2 aliphatic heterocycles. The molecule has 4 nitrogen and oxygen atoms in total. The highest BCUT2D eigenvalue weighted by Crippen LogP contribution is 2.60. The molecule has 0 bridgehead atoms. The van der Waals surface area contributed by atoms with Gasteiger partial charge in [0.25, 0.3) is 0 Å². The van der Waals surface area contributed by atoms with Crippen LogP contribution in [0.3, 0.4) is 0 Å². The van der Waals surface area contributed by atoms with Gasteiger partial charge in [-0.3, -0.25) is 4.79 Å². The molecule has 5 aliphatic rings. The number of carbonyl (C=O) groups excluding carboxylic acids is 1. The maximum Gasteiger partial charge on any atom is 0.188 e. The number of fused-ring (bicyclic) bond motifs is 3. The van der Waals surface area contributed by atoms with Crippen molar-refractivity contribution < 1.29 is 19.4 Å². The van der Waals surface area contributed by atoms with Gasteiger partial charge >= 0.3 is 0 Å². The normalized spacial score (nSPS) is 42.8.